The maximum atomic E-state index is 13.3. The summed E-state index contributed by atoms with van der Waals surface area (Å²) >= 11 is 14.0. The van der Waals surface area contributed by atoms with Crippen molar-refractivity contribution in [2.75, 3.05) is 5.75 Å². The zero-order valence-electron chi connectivity index (χ0n) is 19.3. The third-order valence-electron chi connectivity index (χ3n) is 6.25. The Labute approximate surface area is 211 Å². The highest BCUT2D eigenvalue weighted by molar-refractivity contribution is 7.99. The predicted molar refractivity (Wildman–Crippen MR) is 139 cm³/mol. The molecule has 2 amide bonds. The first kappa shape index (κ1) is 25.9. The average molecular weight is 508 g/mol. The van der Waals surface area contributed by atoms with Crippen LogP contribution in [0, 0.1) is 6.92 Å². The van der Waals surface area contributed by atoms with Crippen molar-refractivity contribution in [3.05, 3.63) is 69.2 Å². The van der Waals surface area contributed by atoms with Crippen LogP contribution in [0.15, 0.2) is 42.5 Å². The summed E-state index contributed by atoms with van der Waals surface area (Å²) in [4.78, 5) is 28.1. The second-order valence-corrected chi connectivity index (χ2v) is 10.5. The molecule has 0 heterocycles. The second kappa shape index (κ2) is 12.7. The molecule has 1 unspecified atom stereocenters. The van der Waals surface area contributed by atoms with Crippen LogP contribution in [-0.2, 0) is 21.9 Å². The molecule has 1 atom stereocenters. The van der Waals surface area contributed by atoms with Gasteiger partial charge in [0.2, 0.25) is 11.8 Å². The van der Waals surface area contributed by atoms with Crippen LogP contribution in [0.25, 0.3) is 0 Å². The lowest BCUT2D eigenvalue weighted by Gasteiger charge is -2.31. The van der Waals surface area contributed by atoms with E-state index in [-0.39, 0.29) is 23.6 Å². The summed E-state index contributed by atoms with van der Waals surface area (Å²) in [6.07, 6.45) is 5.54. The molecule has 0 radical (unpaired) electrons. The van der Waals surface area contributed by atoms with E-state index in [0.717, 1.165) is 42.4 Å². The SMILES string of the molecule is Cc1ccccc1CN(C(=O)CSCc1c(Cl)cccc1Cl)C(C)C(=O)NC1CCCCC1. The molecular formula is C26H32Cl2N2O2S. The van der Waals surface area contributed by atoms with Crippen molar-refractivity contribution in [2.45, 2.75) is 70.3 Å². The summed E-state index contributed by atoms with van der Waals surface area (Å²) in [6, 6.07) is 13.0. The van der Waals surface area contributed by atoms with Gasteiger partial charge >= 0.3 is 0 Å². The first-order valence-electron chi connectivity index (χ1n) is 11.5. The van der Waals surface area contributed by atoms with Crippen molar-refractivity contribution in [3.8, 4) is 0 Å². The third-order valence-corrected chi connectivity index (χ3v) is 7.91. The summed E-state index contributed by atoms with van der Waals surface area (Å²) in [5.41, 5.74) is 2.97. The molecule has 0 aliphatic heterocycles. The molecule has 1 fully saturated rings. The van der Waals surface area contributed by atoms with Crippen molar-refractivity contribution < 1.29 is 9.59 Å². The van der Waals surface area contributed by atoms with Crippen LogP contribution in [0.3, 0.4) is 0 Å². The number of thioether (sulfide) groups is 1. The van der Waals surface area contributed by atoms with Gasteiger partial charge in [0.15, 0.2) is 0 Å². The summed E-state index contributed by atoms with van der Waals surface area (Å²) < 4.78 is 0. The Hall–Kier alpha value is -1.69. The molecular weight excluding hydrogens is 475 g/mol. The highest BCUT2D eigenvalue weighted by Crippen LogP contribution is 2.28. The Bertz CT molecular complexity index is 943. The van der Waals surface area contributed by atoms with Gasteiger partial charge in [0.25, 0.3) is 0 Å². The van der Waals surface area contributed by atoms with Crippen LogP contribution in [0.4, 0.5) is 0 Å². The fourth-order valence-corrected chi connectivity index (χ4v) is 5.76. The Morgan fingerprint density at radius 1 is 1.06 bits per heavy atom. The topological polar surface area (TPSA) is 49.4 Å². The Morgan fingerprint density at radius 2 is 1.73 bits per heavy atom. The molecule has 0 aromatic heterocycles. The van der Waals surface area contributed by atoms with Crippen LogP contribution in [-0.4, -0.2) is 34.6 Å². The van der Waals surface area contributed by atoms with E-state index in [9.17, 15) is 9.59 Å². The van der Waals surface area contributed by atoms with Crippen LogP contribution in [0.1, 0.15) is 55.7 Å². The van der Waals surface area contributed by atoms with Gasteiger partial charge in [-0.15, -0.1) is 11.8 Å². The molecule has 7 heteroatoms. The van der Waals surface area contributed by atoms with E-state index in [2.05, 4.69) is 5.32 Å². The summed E-state index contributed by atoms with van der Waals surface area (Å²) in [5.74, 6) is 0.625. The van der Waals surface area contributed by atoms with Crippen molar-refractivity contribution in [1.82, 2.24) is 10.2 Å². The number of carbonyl (C=O) groups excluding carboxylic acids is 2. The van der Waals surface area contributed by atoms with Crippen LogP contribution < -0.4 is 5.32 Å². The van der Waals surface area contributed by atoms with Gasteiger partial charge in [-0.05, 0) is 55.5 Å². The van der Waals surface area contributed by atoms with Crippen molar-refractivity contribution in [2.24, 2.45) is 0 Å². The number of nitrogens with one attached hydrogen (secondary N) is 1. The number of amides is 2. The first-order chi connectivity index (χ1) is 15.9. The zero-order chi connectivity index (χ0) is 23.8. The summed E-state index contributed by atoms with van der Waals surface area (Å²) in [7, 11) is 0. The fraction of sp³-hybridized carbons (Fsp3) is 0.462. The van der Waals surface area contributed by atoms with Gasteiger partial charge in [0.1, 0.15) is 6.04 Å². The van der Waals surface area contributed by atoms with E-state index < -0.39 is 6.04 Å². The minimum absolute atomic E-state index is 0.0716. The molecule has 1 aliphatic rings. The van der Waals surface area contributed by atoms with Gasteiger partial charge in [0, 0.05) is 28.4 Å². The van der Waals surface area contributed by atoms with Crippen LogP contribution in [0.5, 0.6) is 0 Å². The third kappa shape index (κ3) is 7.40. The lowest BCUT2D eigenvalue weighted by atomic mass is 9.95. The fourth-order valence-electron chi connectivity index (χ4n) is 4.12. The predicted octanol–water partition coefficient (Wildman–Crippen LogP) is 6.40. The molecule has 0 saturated heterocycles. The van der Waals surface area contributed by atoms with E-state index in [0.29, 0.717) is 22.3 Å². The highest BCUT2D eigenvalue weighted by Gasteiger charge is 2.28. The Balaban J connectivity index is 1.69. The Kier molecular flexibility index (Phi) is 9.96. The highest BCUT2D eigenvalue weighted by atomic mass is 35.5. The van der Waals surface area contributed by atoms with Crippen LogP contribution >= 0.6 is 35.0 Å². The molecule has 1 N–H and O–H groups in total. The largest absolute Gasteiger partial charge is 0.352 e. The minimum Gasteiger partial charge on any atom is -0.352 e. The molecule has 178 valence electrons. The van der Waals surface area contributed by atoms with Gasteiger partial charge in [-0.1, -0.05) is 72.8 Å². The monoisotopic (exact) mass is 506 g/mol. The maximum absolute atomic E-state index is 13.3. The number of carbonyl (C=O) groups is 2. The van der Waals surface area contributed by atoms with E-state index >= 15 is 0 Å². The van der Waals surface area contributed by atoms with Crippen molar-refractivity contribution in [1.29, 1.82) is 0 Å². The molecule has 0 bridgehead atoms. The number of nitrogens with zero attached hydrogens (tertiary/aromatic N) is 1. The maximum Gasteiger partial charge on any atom is 0.242 e. The van der Waals surface area contributed by atoms with Crippen molar-refractivity contribution in [3.63, 3.8) is 0 Å². The van der Waals surface area contributed by atoms with E-state index in [4.69, 9.17) is 23.2 Å². The molecule has 2 aromatic carbocycles. The quantitative estimate of drug-likeness (QED) is 0.427. The minimum atomic E-state index is -0.552. The number of rotatable bonds is 9. The van der Waals surface area contributed by atoms with Crippen molar-refractivity contribution >= 4 is 46.8 Å². The van der Waals surface area contributed by atoms with Gasteiger partial charge in [-0.2, -0.15) is 0 Å². The van der Waals surface area contributed by atoms with Gasteiger partial charge < -0.3 is 10.2 Å². The molecule has 0 spiro atoms. The Morgan fingerprint density at radius 3 is 2.39 bits per heavy atom. The number of hydrogen-bond donors (Lipinski definition) is 1. The molecule has 2 aromatic rings. The molecule has 1 saturated carbocycles. The van der Waals surface area contributed by atoms with E-state index in [1.807, 2.05) is 38.1 Å². The lowest BCUT2D eigenvalue weighted by Crippen LogP contribution is -2.50. The number of hydrogen-bond acceptors (Lipinski definition) is 3. The number of halogens is 2. The summed E-state index contributed by atoms with van der Waals surface area (Å²) in [5, 5.41) is 4.37. The molecule has 4 nitrogen and oxygen atoms in total. The zero-order valence-corrected chi connectivity index (χ0v) is 21.6. The molecule has 33 heavy (non-hydrogen) atoms. The first-order valence-corrected chi connectivity index (χ1v) is 13.4. The average Bonchev–Trinajstić information content (AvgIpc) is 2.80. The smallest absolute Gasteiger partial charge is 0.242 e. The normalized spacial score (nSPS) is 15.2. The van der Waals surface area contributed by atoms with Crippen LogP contribution in [0.2, 0.25) is 10.0 Å². The van der Waals surface area contributed by atoms with Gasteiger partial charge in [-0.25, -0.2) is 0 Å². The number of aryl methyl sites for hydroxylation is 1. The lowest BCUT2D eigenvalue weighted by molar-refractivity contribution is -0.139. The summed E-state index contributed by atoms with van der Waals surface area (Å²) in [6.45, 7) is 4.25. The van der Waals surface area contributed by atoms with Gasteiger partial charge in [0.05, 0.1) is 5.75 Å². The van der Waals surface area contributed by atoms with E-state index in [1.165, 1.54) is 18.2 Å². The second-order valence-electron chi connectivity index (χ2n) is 8.66. The van der Waals surface area contributed by atoms with Gasteiger partial charge in [-0.3, -0.25) is 9.59 Å². The molecule has 1 aliphatic carbocycles. The standard InChI is InChI=1S/C26H32Cl2N2O2S/c1-18-9-6-7-10-20(18)15-30(19(2)26(32)29-21-11-4-3-5-12-21)25(31)17-33-16-22-23(27)13-8-14-24(22)28/h6-10,13-14,19,21H,3-5,11-12,15-17H2,1-2H3,(H,29,32). The molecule has 3 rings (SSSR count). The number of benzene rings is 2. The van der Waals surface area contributed by atoms with E-state index in [1.54, 1.807) is 23.1 Å².